The Morgan fingerprint density at radius 3 is 2.40 bits per heavy atom. The van der Waals surface area contributed by atoms with Crippen molar-refractivity contribution in [3.63, 3.8) is 0 Å². The first-order valence-electron chi connectivity index (χ1n) is 8.04. The molecule has 0 aromatic heterocycles. The van der Waals surface area contributed by atoms with Gasteiger partial charge in [-0.05, 0) is 48.7 Å². The standard InChI is InChI=1S/C19H19N3O3/c1-25-20-12-13-5-7-14(8-6-13)18(23)21-16-3-2-4-17(11-16)22-19(24)15-9-10-15/h2-8,11-12,15H,9-10H2,1H3,(H,21,23)(H,22,24)/b20-12+. The van der Waals surface area contributed by atoms with Crippen molar-refractivity contribution in [2.24, 2.45) is 11.1 Å². The van der Waals surface area contributed by atoms with Gasteiger partial charge in [0.05, 0.1) is 6.21 Å². The van der Waals surface area contributed by atoms with Gasteiger partial charge in [0.15, 0.2) is 0 Å². The second kappa shape index (κ2) is 7.61. The van der Waals surface area contributed by atoms with E-state index in [9.17, 15) is 9.59 Å². The molecule has 0 bridgehead atoms. The van der Waals surface area contributed by atoms with Crippen molar-refractivity contribution in [1.29, 1.82) is 0 Å². The summed E-state index contributed by atoms with van der Waals surface area (Å²) in [6.07, 6.45) is 3.47. The van der Waals surface area contributed by atoms with Crippen LogP contribution in [0.15, 0.2) is 53.7 Å². The minimum atomic E-state index is -0.221. The number of carbonyl (C=O) groups excluding carboxylic acids is 2. The van der Waals surface area contributed by atoms with Gasteiger partial charge in [-0.15, -0.1) is 0 Å². The Balaban J connectivity index is 1.63. The molecule has 2 aromatic rings. The van der Waals surface area contributed by atoms with Gasteiger partial charge in [0, 0.05) is 22.9 Å². The van der Waals surface area contributed by atoms with Crippen molar-refractivity contribution in [2.75, 3.05) is 17.7 Å². The summed E-state index contributed by atoms with van der Waals surface area (Å²) in [7, 11) is 1.47. The van der Waals surface area contributed by atoms with Crippen molar-refractivity contribution in [1.82, 2.24) is 0 Å². The van der Waals surface area contributed by atoms with E-state index in [0.717, 1.165) is 18.4 Å². The topological polar surface area (TPSA) is 79.8 Å². The minimum absolute atomic E-state index is 0.0387. The van der Waals surface area contributed by atoms with Crippen molar-refractivity contribution >= 4 is 29.4 Å². The number of oxime groups is 1. The molecule has 128 valence electrons. The predicted molar refractivity (Wildman–Crippen MR) is 96.8 cm³/mol. The molecule has 0 aliphatic heterocycles. The van der Waals surface area contributed by atoms with Gasteiger partial charge in [-0.1, -0.05) is 23.4 Å². The molecular weight excluding hydrogens is 318 g/mol. The lowest BCUT2D eigenvalue weighted by Crippen LogP contribution is -2.14. The van der Waals surface area contributed by atoms with Crippen molar-refractivity contribution in [3.8, 4) is 0 Å². The van der Waals surface area contributed by atoms with E-state index in [-0.39, 0.29) is 17.7 Å². The van der Waals surface area contributed by atoms with Gasteiger partial charge in [-0.2, -0.15) is 0 Å². The van der Waals surface area contributed by atoms with Crippen molar-refractivity contribution in [3.05, 3.63) is 59.7 Å². The van der Waals surface area contributed by atoms with Gasteiger partial charge in [-0.25, -0.2) is 0 Å². The van der Waals surface area contributed by atoms with Crippen LogP contribution in [0.1, 0.15) is 28.8 Å². The molecule has 3 rings (SSSR count). The summed E-state index contributed by atoms with van der Waals surface area (Å²) in [6.45, 7) is 0. The van der Waals surface area contributed by atoms with Crippen molar-refractivity contribution < 1.29 is 14.4 Å². The minimum Gasteiger partial charge on any atom is -0.399 e. The number of amides is 2. The SMILES string of the molecule is CO/N=C/c1ccc(C(=O)Nc2cccc(NC(=O)C3CC3)c2)cc1. The zero-order valence-electron chi connectivity index (χ0n) is 13.9. The van der Waals surface area contributed by atoms with E-state index in [2.05, 4.69) is 20.6 Å². The summed E-state index contributed by atoms with van der Waals surface area (Å²) in [5.74, 6) is -0.0453. The summed E-state index contributed by atoms with van der Waals surface area (Å²) in [4.78, 5) is 28.8. The van der Waals surface area contributed by atoms with Gasteiger partial charge in [0.25, 0.3) is 5.91 Å². The van der Waals surface area contributed by atoms with Crippen LogP contribution < -0.4 is 10.6 Å². The molecule has 1 aliphatic rings. The molecule has 1 saturated carbocycles. The average Bonchev–Trinajstić information content (AvgIpc) is 3.46. The van der Waals surface area contributed by atoms with Gasteiger partial charge in [-0.3, -0.25) is 9.59 Å². The van der Waals surface area contributed by atoms with Gasteiger partial charge in [0.2, 0.25) is 5.91 Å². The Morgan fingerprint density at radius 1 is 1.08 bits per heavy atom. The highest BCUT2D eigenvalue weighted by Gasteiger charge is 2.29. The first-order chi connectivity index (χ1) is 12.2. The van der Waals surface area contributed by atoms with E-state index in [1.807, 2.05) is 0 Å². The number of benzene rings is 2. The molecule has 0 saturated heterocycles. The predicted octanol–water partition coefficient (Wildman–Crippen LogP) is 3.27. The highest BCUT2D eigenvalue weighted by molar-refractivity contribution is 6.05. The molecule has 0 unspecified atom stereocenters. The van der Waals surface area contributed by atoms with Crippen LogP contribution in [0, 0.1) is 5.92 Å². The Hall–Kier alpha value is -3.15. The highest BCUT2D eigenvalue weighted by atomic mass is 16.6. The largest absolute Gasteiger partial charge is 0.399 e. The third-order valence-corrected chi connectivity index (χ3v) is 3.82. The second-order valence-corrected chi connectivity index (χ2v) is 5.84. The lowest BCUT2D eigenvalue weighted by Gasteiger charge is -2.09. The van der Waals surface area contributed by atoms with E-state index >= 15 is 0 Å². The smallest absolute Gasteiger partial charge is 0.255 e. The van der Waals surface area contributed by atoms with Crippen LogP contribution in [-0.2, 0) is 9.63 Å². The third-order valence-electron chi connectivity index (χ3n) is 3.82. The number of nitrogens with zero attached hydrogens (tertiary/aromatic N) is 1. The molecule has 2 aromatic carbocycles. The molecule has 1 aliphatic carbocycles. The summed E-state index contributed by atoms with van der Waals surface area (Å²) in [5.41, 5.74) is 2.68. The van der Waals surface area contributed by atoms with Crippen LogP contribution in [-0.4, -0.2) is 25.1 Å². The zero-order valence-corrected chi connectivity index (χ0v) is 13.9. The monoisotopic (exact) mass is 337 g/mol. The summed E-state index contributed by atoms with van der Waals surface area (Å²) in [5, 5.41) is 9.37. The number of hydrogen-bond acceptors (Lipinski definition) is 4. The fourth-order valence-electron chi connectivity index (χ4n) is 2.30. The quantitative estimate of drug-likeness (QED) is 0.627. The number of carbonyl (C=O) groups is 2. The summed E-state index contributed by atoms with van der Waals surface area (Å²) in [6, 6.07) is 14.1. The Kier molecular flexibility index (Phi) is 5.09. The lowest BCUT2D eigenvalue weighted by atomic mass is 10.1. The Bertz CT molecular complexity index is 796. The molecular formula is C19H19N3O3. The number of hydrogen-bond donors (Lipinski definition) is 2. The molecule has 0 heterocycles. The number of nitrogens with one attached hydrogen (secondary N) is 2. The van der Waals surface area contributed by atoms with Crippen LogP contribution in [0.2, 0.25) is 0 Å². The second-order valence-electron chi connectivity index (χ2n) is 5.84. The lowest BCUT2D eigenvalue weighted by molar-refractivity contribution is -0.117. The van der Waals surface area contributed by atoms with E-state index in [1.165, 1.54) is 7.11 Å². The molecule has 6 nitrogen and oxygen atoms in total. The van der Waals surface area contributed by atoms with E-state index in [1.54, 1.807) is 54.7 Å². The van der Waals surface area contributed by atoms with Gasteiger partial charge < -0.3 is 15.5 Å². The van der Waals surface area contributed by atoms with Crippen LogP contribution in [0.5, 0.6) is 0 Å². The molecule has 0 spiro atoms. The van der Waals surface area contributed by atoms with Crippen LogP contribution in [0.4, 0.5) is 11.4 Å². The first-order valence-corrected chi connectivity index (χ1v) is 8.04. The fraction of sp³-hybridized carbons (Fsp3) is 0.211. The maximum atomic E-state index is 12.3. The first kappa shape index (κ1) is 16.7. The van der Waals surface area contributed by atoms with E-state index in [4.69, 9.17) is 0 Å². The van der Waals surface area contributed by atoms with Crippen molar-refractivity contribution in [2.45, 2.75) is 12.8 Å². The zero-order chi connectivity index (χ0) is 17.6. The molecule has 1 fully saturated rings. The Labute approximate surface area is 145 Å². The molecule has 0 radical (unpaired) electrons. The van der Waals surface area contributed by atoms with E-state index in [0.29, 0.717) is 16.9 Å². The highest BCUT2D eigenvalue weighted by Crippen LogP contribution is 2.30. The van der Waals surface area contributed by atoms with Crippen LogP contribution in [0.3, 0.4) is 0 Å². The summed E-state index contributed by atoms with van der Waals surface area (Å²) >= 11 is 0. The fourth-order valence-corrected chi connectivity index (χ4v) is 2.30. The number of anilines is 2. The Morgan fingerprint density at radius 2 is 1.76 bits per heavy atom. The average molecular weight is 337 g/mol. The molecule has 6 heteroatoms. The normalized spacial score (nSPS) is 13.5. The van der Waals surface area contributed by atoms with Gasteiger partial charge in [0.1, 0.15) is 7.11 Å². The molecule has 25 heavy (non-hydrogen) atoms. The number of rotatable bonds is 6. The maximum absolute atomic E-state index is 12.3. The van der Waals surface area contributed by atoms with Gasteiger partial charge >= 0.3 is 0 Å². The molecule has 0 atom stereocenters. The van der Waals surface area contributed by atoms with Crippen LogP contribution in [0.25, 0.3) is 0 Å². The third kappa shape index (κ3) is 4.67. The maximum Gasteiger partial charge on any atom is 0.255 e. The van der Waals surface area contributed by atoms with Crippen LogP contribution >= 0.6 is 0 Å². The van der Waals surface area contributed by atoms with E-state index < -0.39 is 0 Å². The molecule has 2 N–H and O–H groups in total. The summed E-state index contributed by atoms with van der Waals surface area (Å²) < 4.78 is 0. The molecule has 2 amide bonds.